The number of anilines is 2. The van der Waals surface area contributed by atoms with Gasteiger partial charge in [0.05, 0.1) is 38.7 Å². The highest BCUT2D eigenvalue weighted by atomic mass is 32.2. The predicted octanol–water partition coefficient (Wildman–Crippen LogP) is 6.01. The molecule has 5 aromatic rings. The Morgan fingerprint density at radius 1 is 0.786 bits per heavy atom. The molecule has 12 heteroatoms. The van der Waals surface area contributed by atoms with Crippen LogP contribution in [0.1, 0.15) is 5.56 Å². The van der Waals surface area contributed by atoms with Crippen LogP contribution in [0.4, 0.5) is 20.2 Å². The number of halogens is 2. The summed E-state index contributed by atoms with van der Waals surface area (Å²) in [5, 5.41) is 4.06. The van der Waals surface area contributed by atoms with E-state index < -0.39 is 26.6 Å². The molecule has 0 bridgehead atoms. The minimum absolute atomic E-state index is 0.0289. The first-order valence-electron chi connectivity index (χ1n) is 12.6. The maximum Gasteiger partial charge on any atom is 0.264 e. The van der Waals surface area contributed by atoms with Crippen LogP contribution in [0, 0.1) is 11.6 Å². The molecule has 0 fully saturated rings. The molecule has 2 aromatic heterocycles. The second-order valence-corrected chi connectivity index (χ2v) is 10.8. The molecule has 216 valence electrons. The highest BCUT2D eigenvalue weighted by Gasteiger charge is 2.22. The molecular weight excluding hydrogens is 566 g/mol. The molecule has 0 radical (unpaired) electrons. The Hall–Kier alpha value is -4.97. The van der Waals surface area contributed by atoms with Gasteiger partial charge in [-0.05, 0) is 53.6 Å². The molecule has 0 aliphatic rings. The minimum atomic E-state index is -4.43. The monoisotopic (exact) mass is 592 g/mol. The topological polar surface area (TPSA) is 112 Å². The Balaban J connectivity index is 1.48. The van der Waals surface area contributed by atoms with E-state index in [9.17, 15) is 17.2 Å². The first-order chi connectivity index (χ1) is 20.2. The maximum absolute atomic E-state index is 14.3. The van der Waals surface area contributed by atoms with E-state index >= 15 is 0 Å². The van der Waals surface area contributed by atoms with Crippen molar-refractivity contribution in [2.45, 2.75) is 11.4 Å². The van der Waals surface area contributed by atoms with Gasteiger partial charge in [0.2, 0.25) is 5.88 Å². The molecule has 42 heavy (non-hydrogen) atoms. The van der Waals surface area contributed by atoms with E-state index in [1.165, 1.54) is 19.4 Å². The van der Waals surface area contributed by atoms with E-state index in [4.69, 9.17) is 14.2 Å². The number of nitrogens with zero attached hydrogens (tertiary/aromatic N) is 2. The van der Waals surface area contributed by atoms with Gasteiger partial charge < -0.3 is 19.5 Å². The summed E-state index contributed by atoms with van der Waals surface area (Å²) < 4.78 is 72.0. The first kappa shape index (κ1) is 28.6. The summed E-state index contributed by atoms with van der Waals surface area (Å²) in [5.41, 5.74) is 3.58. The summed E-state index contributed by atoms with van der Waals surface area (Å²) >= 11 is 0. The van der Waals surface area contributed by atoms with E-state index in [0.29, 0.717) is 46.1 Å². The van der Waals surface area contributed by atoms with Gasteiger partial charge in [0.15, 0.2) is 5.75 Å². The van der Waals surface area contributed by atoms with Gasteiger partial charge in [-0.3, -0.25) is 9.71 Å². The third kappa shape index (κ3) is 5.88. The van der Waals surface area contributed by atoms with Crippen LogP contribution in [0.5, 0.6) is 17.4 Å². The summed E-state index contributed by atoms with van der Waals surface area (Å²) in [6, 6.07) is 16.9. The van der Waals surface area contributed by atoms with Crippen molar-refractivity contribution in [3.05, 3.63) is 96.3 Å². The second-order valence-electron chi connectivity index (χ2n) is 9.10. The van der Waals surface area contributed by atoms with E-state index in [1.807, 2.05) is 36.4 Å². The molecular formula is C30H26F2N4O5S. The maximum atomic E-state index is 14.3. The highest BCUT2D eigenvalue weighted by molar-refractivity contribution is 7.92. The van der Waals surface area contributed by atoms with Crippen LogP contribution in [-0.4, -0.2) is 39.7 Å². The number of rotatable bonds is 10. The lowest BCUT2D eigenvalue weighted by atomic mass is 10.0. The number of hydrogen-bond donors (Lipinski definition) is 2. The van der Waals surface area contributed by atoms with E-state index in [-0.39, 0.29) is 11.6 Å². The molecule has 0 aliphatic carbocycles. The number of fused-ring (bicyclic) bond motifs is 1. The van der Waals surface area contributed by atoms with Gasteiger partial charge in [0.1, 0.15) is 28.0 Å². The molecule has 0 unspecified atom stereocenters. The highest BCUT2D eigenvalue weighted by Crippen LogP contribution is 2.37. The molecule has 0 amide bonds. The standard InChI is InChI=1S/C30H26F2N4O5S/c1-39-22-8-4-18(5-9-22)15-33-27-17-34-25-10-6-19(12-23(25)29(27)40-2)20-13-26(30(41-3)35-16-20)36-42(37,38)28-11-7-21(31)14-24(28)32/h4-14,16-17,33,36H,15H2,1-3H3. The number of nitrogens with one attached hydrogen (secondary N) is 2. The van der Waals surface area contributed by atoms with Gasteiger partial charge in [-0.2, -0.15) is 0 Å². The fraction of sp³-hybridized carbons (Fsp3) is 0.133. The lowest BCUT2D eigenvalue weighted by Gasteiger charge is -2.15. The Kier molecular flexibility index (Phi) is 8.07. The number of hydrogen-bond acceptors (Lipinski definition) is 8. The van der Waals surface area contributed by atoms with Crippen LogP contribution in [0.25, 0.3) is 22.0 Å². The lowest BCUT2D eigenvalue weighted by Crippen LogP contribution is -2.15. The summed E-state index contributed by atoms with van der Waals surface area (Å²) in [6.07, 6.45) is 3.21. The second kappa shape index (κ2) is 11.9. The Bertz CT molecular complexity index is 1870. The molecule has 5 rings (SSSR count). The summed E-state index contributed by atoms with van der Waals surface area (Å²) in [7, 11) is 0.0717. The quantitative estimate of drug-likeness (QED) is 0.203. The van der Waals surface area contributed by atoms with Crippen molar-refractivity contribution in [1.82, 2.24) is 9.97 Å². The Morgan fingerprint density at radius 3 is 2.26 bits per heavy atom. The van der Waals surface area contributed by atoms with Crippen molar-refractivity contribution in [1.29, 1.82) is 0 Å². The van der Waals surface area contributed by atoms with Crippen LogP contribution in [-0.2, 0) is 16.6 Å². The SMILES string of the molecule is COc1ccc(CNc2cnc3ccc(-c4cnc(OC)c(NS(=O)(=O)c5ccc(F)cc5F)c4)cc3c2OC)cc1. The summed E-state index contributed by atoms with van der Waals surface area (Å²) in [6.45, 7) is 0.522. The van der Waals surface area contributed by atoms with Crippen molar-refractivity contribution >= 4 is 32.3 Å². The molecule has 9 nitrogen and oxygen atoms in total. The summed E-state index contributed by atoms with van der Waals surface area (Å²) in [4.78, 5) is 8.07. The number of ether oxygens (including phenoxy) is 3. The van der Waals surface area contributed by atoms with Gasteiger partial charge in [0.25, 0.3) is 10.0 Å². The van der Waals surface area contributed by atoms with E-state index in [2.05, 4.69) is 20.0 Å². The fourth-order valence-corrected chi connectivity index (χ4v) is 5.48. The van der Waals surface area contributed by atoms with Crippen molar-refractivity contribution in [3.8, 4) is 28.5 Å². The van der Waals surface area contributed by atoms with Gasteiger partial charge in [-0.1, -0.05) is 18.2 Å². The van der Waals surface area contributed by atoms with Crippen LogP contribution < -0.4 is 24.2 Å². The largest absolute Gasteiger partial charge is 0.497 e. The van der Waals surface area contributed by atoms with Crippen molar-refractivity contribution in [3.63, 3.8) is 0 Å². The lowest BCUT2D eigenvalue weighted by molar-refractivity contribution is 0.400. The Morgan fingerprint density at radius 2 is 1.57 bits per heavy atom. The number of benzene rings is 3. The predicted molar refractivity (Wildman–Crippen MR) is 156 cm³/mol. The fourth-order valence-electron chi connectivity index (χ4n) is 4.37. The molecule has 0 spiro atoms. The van der Waals surface area contributed by atoms with Crippen molar-refractivity contribution in [2.24, 2.45) is 0 Å². The summed E-state index contributed by atoms with van der Waals surface area (Å²) in [5.74, 6) is -0.814. The molecule has 0 saturated heterocycles. The number of aromatic nitrogens is 2. The minimum Gasteiger partial charge on any atom is -0.497 e. The van der Waals surface area contributed by atoms with Gasteiger partial charge >= 0.3 is 0 Å². The van der Waals surface area contributed by atoms with E-state index in [0.717, 1.165) is 23.4 Å². The number of methoxy groups -OCH3 is 3. The third-order valence-electron chi connectivity index (χ3n) is 6.47. The average molecular weight is 593 g/mol. The molecule has 0 atom stereocenters. The zero-order chi connectivity index (χ0) is 29.9. The van der Waals surface area contributed by atoms with Gasteiger partial charge in [-0.25, -0.2) is 22.2 Å². The van der Waals surface area contributed by atoms with Gasteiger partial charge in [-0.15, -0.1) is 0 Å². The van der Waals surface area contributed by atoms with Crippen molar-refractivity contribution < 1.29 is 31.4 Å². The van der Waals surface area contributed by atoms with E-state index in [1.54, 1.807) is 26.5 Å². The third-order valence-corrected chi connectivity index (χ3v) is 7.87. The van der Waals surface area contributed by atoms with Crippen molar-refractivity contribution in [2.75, 3.05) is 31.4 Å². The normalized spacial score (nSPS) is 11.3. The molecule has 2 N–H and O–H groups in total. The van der Waals surface area contributed by atoms with Crippen LogP contribution in [0.2, 0.25) is 0 Å². The Labute approximate surface area is 241 Å². The number of pyridine rings is 2. The molecule has 0 saturated carbocycles. The number of sulfonamides is 1. The smallest absolute Gasteiger partial charge is 0.264 e. The molecule has 0 aliphatic heterocycles. The zero-order valence-electron chi connectivity index (χ0n) is 22.8. The first-order valence-corrected chi connectivity index (χ1v) is 14.1. The molecule has 2 heterocycles. The van der Waals surface area contributed by atoms with Crippen LogP contribution in [0.3, 0.4) is 0 Å². The average Bonchev–Trinajstić information content (AvgIpc) is 2.99. The van der Waals surface area contributed by atoms with Gasteiger partial charge in [0, 0.05) is 29.8 Å². The van der Waals surface area contributed by atoms with Crippen LogP contribution in [0.15, 0.2) is 84.0 Å². The van der Waals surface area contributed by atoms with Crippen LogP contribution >= 0.6 is 0 Å². The zero-order valence-corrected chi connectivity index (χ0v) is 23.6. The molecule has 3 aromatic carbocycles.